The van der Waals surface area contributed by atoms with Crippen LogP contribution in [0.4, 0.5) is 0 Å². The van der Waals surface area contributed by atoms with Crippen LogP contribution >= 0.6 is 0 Å². The van der Waals surface area contributed by atoms with E-state index in [-0.39, 0.29) is 5.78 Å². The van der Waals surface area contributed by atoms with Gasteiger partial charge in [-0.15, -0.1) is 0 Å². The van der Waals surface area contributed by atoms with Crippen LogP contribution in [-0.2, 0) is 0 Å². The van der Waals surface area contributed by atoms with Gasteiger partial charge in [-0.2, -0.15) is 0 Å². The molecule has 2 nitrogen and oxygen atoms in total. The van der Waals surface area contributed by atoms with E-state index in [2.05, 4.69) is 18.7 Å². The van der Waals surface area contributed by atoms with E-state index in [0.717, 1.165) is 38.0 Å². The first kappa shape index (κ1) is 14.9. The second-order valence-corrected chi connectivity index (χ2v) is 4.88. The number of carbonyl (C=O) groups excluding carboxylic acids is 1. The molecule has 0 heterocycles. The van der Waals surface area contributed by atoms with E-state index in [1.54, 1.807) is 0 Å². The minimum atomic E-state index is 0.257. The SMILES string of the molecule is CCCN(CCC)CCC(=O)c1ccc(C)cc1. The molecule has 0 saturated heterocycles. The molecule has 0 N–H and O–H groups in total. The topological polar surface area (TPSA) is 20.3 Å². The molecule has 2 heteroatoms. The van der Waals surface area contributed by atoms with Gasteiger partial charge in [0.25, 0.3) is 0 Å². The van der Waals surface area contributed by atoms with E-state index < -0.39 is 0 Å². The predicted molar refractivity (Wildman–Crippen MR) is 77.1 cm³/mol. The Labute approximate surface area is 111 Å². The molecule has 0 saturated carbocycles. The van der Waals surface area contributed by atoms with E-state index in [4.69, 9.17) is 0 Å². The summed E-state index contributed by atoms with van der Waals surface area (Å²) in [5.41, 5.74) is 2.04. The third-order valence-electron chi connectivity index (χ3n) is 3.11. The van der Waals surface area contributed by atoms with Crippen molar-refractivity contribution in [1.29, 1.82) is 0 Å². The summed E-state index contributed by atoms with van der Waals surface area (Å²) in [4.78, 5) is 14.4. The maximum Gasteiger partial charge on any atom is 0.164 e. The van der Waals surface area contributed by atoms with Gasteiger partial charge in [0.2, 0.25) is 0 Å². The summed E-state index contributed by atoms with van der Waals surface area (Å²) in [6.07, 6.45) is 2.93. The Morgan fingerprint density at radius 2 is 1.56 bits per heavy atom. The summed E-state index contributed by atoms with van der Waals surface area (Å²) in [7, 11) is 0. The lowest BCUT2D eigenvalue weighted by molar-refractivity contribution is 0.0964. The summed E-state index contributed by atoms with van der Waals surface area (Å²) >= 11 is 0. The number of rotatable bonds is 8. The van der Waals surface area contributed by atoms with E-state index in [1.807, 2.05) is 31.2 Å². The van der Waals surface area contributed by atoms with Gasteiger partial charge < -0.3 is 4.90 Å². The third kappa shape index (κ3) is 5.01. The van der Waals surface area contributed by atoms with Crippen LogP contribution < -0.4 is 0 Å². The fourth-order valence-corrected chi connectivity index (χ4v) is 2.11. The summed E-state index contributed by atoms with van der Waals surface area (Å²) in [6, 6.07) is 7.87. The number of carbonyl (C=O) groups is 1. The van der Waals surface area contributed by atoms with Crippen LogP contribution in [0, 0.1) is 6.92 Å². The molecule has 0 atom stereocenters. The number of ketones is 1. The molecule has 18 heavy (non-hydrogen) atoms. The molecule has 0 amide bonds. The molecular formula is C16H25NO. The van der Waals surface area contributed by atoms with E-state index >= 15 is 0 Å². The lowest BCUT2D eigenvalue weighted by atomic mass is 10.1. The summed E-state index contributed by atoms with van der Waals surface area (Å²) < 4.78 is 0. The van der Waals surface area contributed by atoms with Crippen molar-refractivity contribution in [3.05, 3.63) is 35.4 Å². The Bertz CT molecular complexity index is 350. The highest BCUT2D eigenvalue weighted by atomic mass is 16.1. The number of hydrogen-bond acceptors (Lipinski definition) is 2. The van der Waals surface area contributed by atoms with Gasteiger partial charge in [-0.05, 0) is 32.9 Å². The minimum absolute atomic E-state index is 0.257. The monoisotopic (exact) mass is 247 g/mol. The van der Waals surface area contributed by atoms with Crippen LogP contribution in [0.25, 0.3) is 0 Å². The van der Waals surface area contributed by atoms with Crippen LogP contribution in [0.5, 0.6) is 0 Å². The number of hydrogen-bond donors (Lipinski definition) is 0. The second-order valence-electron chi connectivity index (χ2n) is 4.88. The number of Topliss-reactive ketones (excluding diaryl/α,β-unsaturated/α-hetero) is 1. The van der Waals surface area contributed by atoms with Gasteiger partial charge in [0.1, 0.15) is 0 Å². The quantitative estimate of drug-likeness (QED) is 0.653. The maximum absolute atomic E-state index is 12.0. The Balaban J connectivity index is 2.46. The van der Waals surface area contributed by atoms with Crippen molar-refractivity contribution in [3.63, 3.8) is 0 Å². The largest absolute Gasteiger partial charge is 0.303 e. The van der Waals surface area contributed by atoms with Crippen molar-refractivity contribution < 1.29 is 4.79 Å². The van der Waals surface area contributed by atoms with Crippen molar-refractivity contribution in [3.8, 4) is 0 Å². The molecule has 0 fully saturated rings. The third-order valence-corrected chi connectivity index (χ3v) is 3.11. The van der Waals surface area contributed by atoms with Crippen molar-refractivity contribution in [2.75, 3.05) is 19.6 Å². The maximum atomic E-state index is 12.0. The fraction of sp³-hybridized carbons (Fsp3) is 0.562. The number of benzene rings is 1. The Hall–Kier alpha value is -1.15. The predicted octanol–water partition coefficient (Wildman–Crippen LogP) is 3.69. The smallest absolute Gasteiger partial charge is 0.164 e. The van der Waals surface area contributed by atoms with Crippen LogP contribution in [0.3, 0.4) is 0 Å². The molecule has 1 rings (SSSR count). The average molecular weight is 247 g/mol. The molecular weight excluding hydrogens is 222 g/mol. The van der Waals surface area contributed by atoms with Gasteiger partial charge in [-0.3, -0.25) is 4.79 Å². The summed E-state index contributed by atoms with van der Waals surface area (Å²) in [5, 5.41) is 0. The Morgan fingerprint density at radius 3 is 2.06 bits per heavy atom. The molecule has 0 aromatic heterocycles. The minimum Gasteiger partial charge on any atom is -0.303 e. The van der Waals surface area contributed by atoms with Crippen molar-refractivity contribution in [2.45, 2.75) is 40.0 Å². The zero-order valence-corrected chi connectivity index (χ0v) is 11.9. The normalized spacial score (nSPS) is 10.9. The van der Waals surface area contributed by atoms with Gasteiger partial charge in [-0.25, -0.2) is 0 Å². The standard InChI is InChI=1S/C16H25NO/c1-4-11-17(12-5-2)13-10-16(18)15-8-6-14(3)7-9-15/h6-9H,4-5,10-13H2,1-3H3. The van der Waals surface area contributed by atoms with Crippen molar-refractivity contribution in [1.82, 2.24) is 4.90 Å². The van der Waals surface area contributed by atoms with Crippen LogP contribution in [0.2, 0.25) is 0 Å². The summed E-state index contributed by atoms with van der Waals surface area (Å²) in [6.45, 7) is 9.48. The summed E-state index contributed by atoms with van der Waals surface area (Å²) in [5.74, 6) is 0.257. The zero-order valence-electron chi connectivity index (χ0n) is 11.9. The first-order valence-corrected chi connectivity index (χ1v) is 6.99. The van der Waals surface area contributed by atoms with Gasteiger partial charge in [0, 0.05) is 18.5 Å². The van der Waals surface area contributed by atoms with Gasteiger partial charge in [-0.1, -0.05) is 43.7 Å². The van der Waals surface area contributed by atoms with E-state index in [0.29, 0.717) is 6.42 Å². The molecule has 0 bridgehead atoms. The molecule has 0 unspecified atom stereocenters. The first-order chi connectivity index (χ1) is 8.67. The molecule has 1 aromatic rings. The molecule has 0 aliphatic carbocycles. The van der Waals surface area contributed by atoms with Crippen molar-refractivity contribution in [2.24, 2.45) is 0 Å². The lowest BCUT2D eigenvalue weighted by Gasteiger charge is -2.20. The van der Waals surface area contributed by atoms with Gasteiger partial charge in [0.15, 0.2) is 5.78 Å². The molecule has 1 aromatic carbocycles. The molecule has 0 aliphatic heterocycles. The molecule has 0 aliphatic rings. The van der Waals surface area contributed by atoms with Gasteiger partial charge in [0.05, 0.1) is 0 Å². The zero-order chi connectivity index (χ0) is 13.4. The Morgan fingerprint density at radius 1 is 1.00 bits per heavy atom. The van der Waals surface area contributed by atoms with Crippen molar-refractivity contribution >= 4 is 5.78 Å². The number of nitrogens with zero attached hydrogens (tertiary/aromatic N) is 1. The second kappa shape index (κ2) is 8.04. The average Bonchev–Trinajstić information content (AvgIpc) is 2.37. The lowest BCUT2D eigenvalue weighted by Crippen LogP contribution is -2.28. The molecule has 0 spiro atoms. The fourth-order valence-electron chi connectivity index (χ4n) is 2.11. The molecule has 100 valence electrons. The van der Waals surface area contributed by atoms with Gasteiger partial charge >= 0.3 is 0 Å². The molecule has 0 radical (unpaired) electrons. The van der Waals surface area contributed by atoms with Crippen LogP contribution in [-0.4, -0.2) is 30.3 Å². The highest BCUT2D eigenvalue weighted by molar-refractivity contribution is 5.96. The highest BCUT2D eigenvalue weighted by Crippen LogP contribution is 2.07. The highest BCUT2D eigenvalue weighted by Gasteiger charge is 2.08. The Kier molecular flexibility index (Phi) is 6.66. The van der Waals surface area contributed by atoms with Crippen LogP contribution in [0.1, 0.15) is 49.0 Å². The van der Waals surface area contributed by atoms with Crippen LogP contribution in [0.15, 0.2) is 24.3 Å². The first-order valence-electron chi connectivity index (χ1n) is 6.99. The number of aryl methyl sites for hydroxylation is 1. The van der Waals surface area contributed by atoms with E-state index in [9.17, 15) is 4.79 Å². The van der Waals surface area contributed by atoms with E-state index in [1.165, 1.54) is 5.56 Å².